The lowest BCUT2D eigenvalue weighted by atomic mass is 9.97. The van der Waals surface area contributed by atoms with Gasteiger partial charge in [0.15, 0.2) is 11.5 Å². The lowest BCUT2D eigenvalue weighted by molar-refractivity contribution is -0.385. The maximum absolute atomic E-state index is 10.8. The fraction of sp³-hybridized carbons (Fsp3) is 0.500. The molecule has 0 amide bonds. The van der Waals surface area contributed by atoms with Gasteiger partial charge < -0.3 is 20.7 Å². The van der Waals surface area contributed by atoms with Gasteiger partial charge in [-0.1, -0.05) is 13.3 Å². The van der Waals surface area contributed by atoms with E-state index in [2.05, 4.69) is 0 Å². The molecule has 0 spiro atoms. The second kappa shape index (κ2) is 6.35. The zero-order valence-electron chi connectivity index (χ0n) is 10.9. The summed E-state index contributed by atoms with van der Waals surface area (Å²) in [5, 5.41) is 30.6. The van der Waals surface area contributed by atoms with Crippen molar-refractivity contribution in [1.29, 1.82) is 0 Å². The molecule has 1 rings (SSSR count). The molecule has 2 atom stereocenters. The van der Waals surface area contributed by atoms with Crippen LogP contribution in [0, 0.1) is 10.1 Å². The summed E-state index contributed by atoms with van der Waals surface area (Å²) in [4.78, 5) is 10.2. The molecule has 0 aliphatic carbocycles. The maximum atomic E-state index is 10.8. The fourth-order valence-corrected chi connectivity index (χ4v) is 1.81. The number of nitrogens with two attached hydrogens (primary N) is 1. The van der Waals surface area contributed by atoms with Gasteiger partial charge in [-0.3, -0.25) is 10.1 Å². The molecule has 0 saturated carbocycles. The van der Waals surface area contributed by atoms with Crippen molar-refractivity contribution in [2.75, 3.05) is 7.11 Å². The van der Waals surface area contributed by atoms with E-state index in [0.29, 0.717) is 12.8 Å². The molecule has 106 valence electrons. The third kappa shape index (κ3) is 3.33. The van der Waals surface area contributed by atoms with Crippen LogP contribution in [0.4, 0.5) is 5.69 Å². The molecule has 0 fully saturated rings. The summed E-state index contributed by atoms with van der Waals surface area (Å²) in [7, 11) is 1.29. The van der Waals surface area contributed by atoms with Crippen LogP contribution in [0.1, 0.15) is 31.4 Å². The quantitative estimate of drug-likeness (QED) is 0.532. The van der Waals surface area contributed by atoms with Gasteiger partial charge in [-0.25, -0.2) is 0 Å². The second-order valence-electron chi connectivity index (χ2n) is 4.22. The molecule has 19 heavy (non-hydrogen) atoms. The van der Waals surface area contributed by atoms with Crippen LogP contribution in [0.2, 0.25) is 0 Å². The van der Waals surface area contributed by atoms with E-state index in [-0.39, 0.29) is 22.7 Å². The Morgan fingerprint density at radius 1 is 1.53 bits per heavy atom. The first kappa shape index (κ1) is 15.2. The van der Waals surface area contributed by atoms with Gasteiger partial charge in [-0.05, 0) is 6.42 Å². The zero-order chi connectivity index (χ0) is 14.6. The number of nitrogens with zero attached hydrogens (tertiary/aromatic N) is 1. The average Bonchev–Trinajstić information content (AvgIpc) is 2.38. The first-order valence-electron chi connectivity index (χ1n) is 5.91. The Bertz CT molecular complexity index is 464. The number of aliphatic hydroxyl groups excluding tert-OH is 1. The number of nitro groups is 1. The minimum absolute atomic E-state index is 0.0386. The minimum Gasteiger partial charge on any atom is -0.504 e. The van der Waals surface area contributed by atoms with E-state index in [9.17, 15) is 20.3 Å². The van der Waals surface area contributed by atoms with Gasteiger partial charge in [0, 0.05) is 11.6 Å². The average molecular weight is 270 g/mol. The molecule has 0 aliphatic rings. The number of ether oxygens (including phenoxy) is 1. The molecule has 4 N–H and O–H groups in total. The molecule has 7 heteroatoms. The van der Waals surface area contributed by atoms with Gasteiger partial charge in [-0.15, -0.1) is 0 Å². The van der Waals surface area contributed by atoms with E-state index in [4.69, 9.17) is 10.5 Å². The highest BCUT2D eigenvalue weighted by Gasteiger charge is 2.25. The normalized spacial score (nSPS) is 13.9. The number of phenols is 1. The van der Waals surface area contributed by atoms with Crippen LogP contribution < -0.4 is 10.5 Å². The Kier molecular flexibility index (Phi) is 5.08. The van der Waals surface area contributed by atoms with Crippen molar-refractivity contribution in [3.8, 4) is 11.5 Å². The van der Waals surface area contributed by atoms with Crippen LogP contribution in [0.25, 0.3) is 0 Å². The van der Waals surface area contributed by atoms with E-state index < -0.39 is 17.1 Å². The molecular formula is C12H18N2O5. The Labute approximate surface area is 110 Å². The standard InChI is InChI=1S/C12H18N2O5/c1-3-4-9(15)11(13)8-5-7(14(17)18)6-10(19-2)12(8)16/h5-6,9,11,15-16H,3-4,13H2,1-2H3/t9-,11+/m0/s1. The molecule has 1 aromatic rings. The molecule has 0 aliphatic heterocycles. The summed E-state index contributed by atoms with van der Waals surface area (Å²) >= 11 is 0. The Morgan fingerprint density at radius 3 is 2.63 bits per heavy atom. The van der Waals surface area contributed by atoms with Crippen LogP contribution in [-0.4, -0.2) is 28.4 Å². The van der Waals surface area contributed by atoms with Crippen LogP contribution in [0.3, 0.4) is 0 Å². The predicted octanol–water partition coefficient (Wildman–Crippen LogP) is 1.47. The highest BCUT2D eigenvalue weighted by Crippen LogP contribution is 2.38. The van der Waals surface area contributed by atoms with Crippen molar-refractivity contribution in [2.24, 2.45) is 5.73 Å². The third-order valence-electron chi connectivity index (χ3n) is 2.88. The molecule has 1 aromatic carbocycles. The number of methoxy groups -OCH3 is 1. The number of non-ortho nitro benzene ring substituents is 1. The number of aromatic hydroxyl groups is 1. The minimum atomic E-state index is -0.909. The number of phenolic OH excluding ortho intramolecular Hbond substituents is 1. The van der Waals surface area contributed by atoms with E-state index in [0.717, 1.165) is 12.1 Å². The lowest BCUT2D eigenvalue weighted by Crippen LogP contribution is -2.26. The van der Waals surface area contributed by atoms with Gasteiger partial charge in [0.25, 0.3) is 5.69 Å². The van der Waals surface area contributed by atoms with Crippen molar-refractivity contribution in [1.82, 2.24) is 0 Å². The molecule has 0 radical (unpaired) electrons. The van der Waals surface area contributed by atoms with Crippen molar-refractivity contribution >= 4 is 5.69 Å². The number of rotatable bonds is 6. The SMILES string of the molecule is CCC[C@H](O)[C@H](N)c1cc([N+](=O)[O-])cc(OC)c1O. The number of nitro benzene ring substituents is 1. The summed E-state index contributed by atoms with van der Waals surface area (Å²) in [5.74, 6) is -0.320. The zero-order valence-corrected chi connectivity index (χ0v) is 10.9. The molecule has 0 aromatic heterocycles. The van der Waals surface area contributed by atoms with E-state index >= 15 is 0 Å². The Balaban J connectivity index is 3.24. The van der Waals surface area contributed by atoms with Crippen LogP contribution >= 0.6 is 0 Å². The van der Waals surface area contributed by atoms with Crippen molar-refractivity contribution in [3.05, 3.63) is 27.8 Å². The van der Waals surface area contributed by atoms with Gasteiger partial charge in [0.2, 0.25) is 0 Å². The first-order valence-corrected chi connectivity index (χ1v) is 5.91. The summed E-state index contributed by atoms with van der Waals surface area (Å²) in [6, 6.07) is 1.35. The maximum Gasteiger partial charge on any atom is 0.273 e. The van der Waals surface area contributed by atoms with Crippen LogP contribution in [0.5, 0.6) is 11.5 Å². The summed E-state index contributed by atoms with van der Waals surface area (Å²) in [6.45, 7) is 1.88. The van der Waals surface area contributed by atoms with Crippen LogP contribution in [0.15, 0.2) is 12.1 Å². The molecule has 0 saturated heterocycles. The largest absolute Gasteiger partial charge is 0.504 e. The number of hydrogen-bond acceptors (Lipinski definition) is 6. The highest BCUT2D eigenvalue weighted by atomic mass is 16.6. The summed E-state index contributed by atoms with van der Waals surface area (Å²) < 4.78 is 4.87. The second-order valence-corrected chi connectivity index (χ2v) is 4.22. The highest BCUT2D eigenvalue weighted by molar-refractivity contribution is 5.54. The smallest absolute Gasteiger partial charge is 0.273 e. The number of aliphatic hydroxyl groups is 1. The molecule has 7 nitrogen and oxygen atoms in total. The van der Waals surface area contributed by atoms with E-state index in [1.54, 1.807) is 0 Å². The number of hydrogen-bond donors (Lipinski definition) is 3. The van der Waals surface area contributed by atoms with Crippen molar-refractivity contribution in [3.63, 3.8) is 0 Å². The van der Waals surface area contributed by atoms with E-state index in [1.807, 2.05) is 6.92 Å². The summed E-state index contributed by atoms with van der Waals surface area (Å²) in [6.07, 6.45) is 0.260. The van der Waals surface area contributed by atoms with Gasteiger partial charge in [0.05, 0.1) is 30.2 Å². The van der Waals surface area contributed by atoms with Crippen molar-refractivity contribution in [2.45, 2.75) is 31.9 Å². The van der Waals surface area contributed by atoms with Gasteiger partial charge in [-0.2, -0.15) is 0 Å². The molecule has 0 heterocycles. The monoisotopic (exact) mass is 270 g/mol. The Morgan fingerprint density at radius 2 is 2.16 bits per heavy atom. The van der Waals surface area contributed by atoms with Gasteiger partial charge >= 0.3 is 0 Å². The topological polar surface area (TPSA) is 119 Å². The summed E-state index contributed by atoms with van der Waals surface area (Å²) in [5.41, 5.74) is 5.69. The first-order chi connectivity index (χ1) is 8.92. The number of benzene rings is 1. The van der Waals surface area contributed by atoms with E-state index in [1.165, 1.54) is 7.11 Å². The lowest BCUT2D eigenvalue weighted by Gasteiger charge is -2.20. The predicted molar refractivity (Wildman–Crippen MR) is 69.2 cm³/mol. The van der Waals surface area contributed by atoms with Crippen molar-refractivity contribution < 1.29 is 19.9 Å². The Hall–Kier alpha value is -1.86. The molecular weight excluding hydrogens is 252 g/mol. The molecule has 0 unspecified atom stereocenters. The third-order valence-corrected chi connectivity index (χ3v) is 2.88. The van der Waals surface area contributed by atoms with Gasteiger partial charge in [0.1, 0.15) is 0 Å². The van der Waals surface area contributed by atoms with Crippen LogP contribution in [-0.2, 0) is 0 Å². The fourth-order valence-electron chi connectivity index (χ4n) is 1.81. The molecule has 0 bridgehead atoms.